The Balaban J connectivity index is 2.10. The minimum absolute atomic E-state index is 0.0926. The van der Waals surface area contributed by atoms with Crippen LogP contribution in [0.4, 0.5) is 5.69 Å². The van der Waals surface area contributed by atoms with Gasteiger partial charge in [0.15, 0.2) is 0 Å². The van der Waals surface area contributed by atoms with E-state index < -0.39 is 0 Å². The number of rotatable bonds is 2. The normalized spacial score (nSPS) is 23.7. The van der Waals surface area contributed by atoms with Gasteiger partial charge in [0.05, 0.1) is 10.7 Å². The van der Waals surface area contributed by atoms with E-state index in [-0.39, 0.29) is 11.8 Å². The Morgan fingerprint density at radius 1 is 1.47 bits per heavy atom. The molecular weight excluding hydrogens is 302 g/mol. The number of hydrogen-bond donors (Lipinski definition) is 1. The van der Waals surface area contributed by atoms with Crippen LogP contribution in [0.1, 0.15) is 26.2 Å². The summed E-state index contributed by atoms with van der Waals surface area (Å²) in [5, 5.41) is 3.50. The van der Waals surface area contributed by atoms with Crippen LogP contribution in [0.2, 0.25) is 5.02 Å². The van der Waals surface area contributed by atoms with Crippen LogP contribution in [0.5, 0.6) is 0 Å². The first kappa shape index (κ1) is 12.9. The highest BCUT2D eigenvalue weighted by atomic mass is 79.9. The van der Waals surface area contributed by atoms with Gasteiger partial charge in [-0.25, -0.2) is 0 Å². The summed E-state index contributed by atoms with van der Waals surface area (Å²) in [6.45, 7) is 2.14. The smallest absolute Gasteiger partial charge is 0.227 e. The molecule has 2 atom stereocenters. The Bertz CT molecular complexity index is 435. The molecular formula is C13H15BrClNO. The fourth-order valence-electron chi connectivity index (χ4n) is 2.35. The summed E-state index contributed by atoms with van der Waals surface area (Å²) < 4.78 is 0.914. The molecule has 0 bridgehead atoms. The number of benzene rings is 1. The summed E-state index contributed by atoms with van der Waals surface area (Å²) >= 11 is 9.42. The molecule has 4 heteroatoms. The fourth-order valence-corrected chi connectivity index (χ4v) is 2.88. The summed E-state index contributed by atoms with van der Waals surface area (Å²) in [6, 6.07) is 5.47. The predicted octanol–water partition coefficient (Wildman–Crippen LogP) is 4.48. The first-order valence-corrected chi connectivity index (χ1v) is 7.01. The van der Waals surface area contributed by atoms with Gasteiger partial charge in [-0.15, -0.1) is 0 Å². The second kappa shape index (κ2) is 5.40. The van der Waals surface area contributed by atoms with Crippen molar-refractivity contribution in [3.63, 3.8) is 0 Å². The van der Waals surface area contributed by atoms with Crippen molar-refractivity contribution in [2.24, 2.45) is 11.8 Å². The van der Waals surface area contributed by atoms with Crippen LogP contribution in [-0.4, -0.2) is 5.91 Å². The van der Waals surface area contributed by atoms with Gasteiger partial charge in [-0.3, -0.25) is 4.79 Å². The van der Waals surface area contributed by atoms with Crippen LogP contribution in [0.25, 0.3) is 0 Å². The Labute approximate surface area is 115 Å². The number of nitrogens with one attached hydrogen (secondary N) is 1. The van der Waals surface area contributed by atoms with Crippen molar-refractivity contribution in [3.05, 3.63) is 27.7 Å². The summed E-state index contributed by atoms with van der Waals surface area (Å²) in [7, 11) is 0. The van der Waals surface area contributed by atoms with Crippen LogP contribution in [0.15, 0.2) is 22.7 Å². The zero-order valence-corrected chi connectivity index (χ0v) is 12.0. The van der Waals surface area contributed by atoms with Crippen molar-refractivity contribution in [2.45, 2.75) is 26.2 Å². The molecule has 2 rings (SSSR count). The molecule has 1 saturated carbocycles. The van der Waals surface area contributed by atoms with E-state index in [1.807, 2.05) is 12.1 Å². The van der Waals surface area contributed by atoms with Gasteiger partial charge in [0.1, 0.15) is 0 Å². The third-order valence-corrected chi connectivity index (χ3v) is 4.21. The molecule has 0 aliphatic heterocycles. The lowest BCUT2D eigenvalue weighted by molar-refractivity contribution is -0.120. The van der Waals surface area contributed by atoms with Gasteiger partial charge in [0.25, 0.3) is 0 Å². The Morgan fingerprint density at radius 2 is 2.24 bits per heavy atom. The van der Waals surface area contributed by atoms with Crippen molar-refractivity contribution in [2.75, 3.05) is 5.32 Å². The molecule has 0 aromatic heterocycles. The molecule has 1 fully saturated rings. The van der Waals surface area contributed by atoms with E-state index in [0.717, 1.165) is 23.7 Å². The third kappa shape index (κ3) is 3.02. The van der Waals surface area contributed by atoms with E-state index in [2.05, 4.69) is 28.2 Å². The van der Waals surface area contributed by atoms with Gasteiger partial charge < -0.3 is 5.32 Å². The minimum Gasteiger partial charge on any atom is -0.324 e. The lowest BCUT2D eigenvalue weighted by Gasteiger charge is -2.16. The Morgan fingerprint density at radius 3 is 2.88 bits per heavy atom. The number of anilines is 1. The molecule has 0 radical (unpaired) electrons. The fraction of sp³-hybridized carbons (Fsp3) is 0.462. The first-order chi connectivity index (χ1) is 8.08. The van der Waals surface area contributed by atoms with Gasteiger partial charge in [0, 0.05) is 10.4 Å². The van der Waals surface area contributed by atoms with Crippen LogP contribution >= 0.6 is 27.5 Å². The second-order valence-electron chi connectivity index (χ2n) is 4.63. The first-order valence-electron chi connectivity index (χ1n) is 5.84. The van der Waals surface area contributed by atoms with Crippen molar-refractivity contribution in [1.82, 2.24) is 0 Å². The number of hydrogen-bond acceptors (Lipinski definition) is 1. The number of carbonyl (C=O) groups is 1. The maximum Gasteiger partial charge on any atom is 0.227 e. The second-order valence-corrected chi connectivity index (χ2v) is 5.95. The standard InChI is InChI=1S/C13H15BrClNO/c1-8-3-2-4-10(8)13(17)16-12-7-9(14)5-6-11(12)15/h5-8,10H,2-4H2,1H3,(H,16,17). The van der Waals surface area contributed by atoms with Crippen molar-refractivity contribution in [1.29, 1.82) is 0 Å². The van der Waals surface area contributed by atoms with Gasteiger partial charge >= 0.3 is 0 Å². The van der Waals surface area contributed by atoms with Crippen molar-refractivity contribution < 1.29 is 4.79 Å². The molecule has 1 amide bonds. The molecule has 1 aliphatic carbocycles. The van der Waals surface area contributed by atoms with E-state index in [1.165, 1.54) is 0 Å². The highest BCUT2D eigenvalue weighted by molar-refractivity contribution is 9.10. The third-order valence-electron chi connectivity index (χ3n) is 3.38. The molecule has 1 N–H and O–H groups in total. The quantitative estimate of drug-likeness (QED) is 0.856. The SMILES string of the molecule is CC1CCCC1C(=O)Nc1cc(Br)ccc1Cl. The average molecular weight is 317 g/mol. The van der Waals surface area contributed by atoms with Gasteiger partial charge in [-0.05, 0) is 37.0 Å². The van der Waals surface area contributed by atoms with Gasteiger partial charge in [0.2, 0.25) is 5.91 Å². The number of halogens is 2. The Hall–Kier alpha value is -0.540. The highest BCUT2D eigenvalue weighted by Crippen LogP contribution is 2.33. The molecule has 0 heterocycles. The maximum absolute atomic E-state index is 12.1. The van der Waals surface area contributed by atoms with E-state index in [1.54, 1.807) is 6.07 Å². The zero-order valence-electron chi connectivity index (χ0n) is 9.67. The Kier molecular flexibility index (Phi) is 4.10. The van der Waals surface area contributed by atoms with Gasteiger partial charge in [-0.1, -0.05) is 40.9 Å². The molecule has 1 aliphatic rings. The summed E-state index contributed by atoms with van der Waals surface area (Å²) in [5.41, 5.74) is 0.685. The molecule has 2 unspecified atom stereocenters. The van der Waals surface area contributed by atoms with Crippen molar-refractivity contribution >= 4 is 39.1 Å². The number of carbonyl (C=O) groups excluding carboxylic acids is 1. The predicted molar refractivity (Wildman–Crippen MR) is 74.3 cm³/mol. The topological polar surface area (TPSA) is 29.1 Å². The van der Waals surface area contributed by atoms with Crippen LogP contribution < -0.4 is 5.32 Å². The molecule has 2 nitrogen and oxygen atoms in total. The molecule has 0 spiro atoms. The average Bonchev–Trinajstić information content (AvgIpc) is 2.70. The monoisotopic (exact) mass is 315 g/mol. The van der Waals surface area contributed by atoms with E-state index >= 15 is 0 Å². The molecule has 17 heavy (non-hydrogen) atoms. The molecule has 1 aromatic carbocycles. The summed E-state index contributed by atoms with van der Waals surface area (Å²) in [4.78, 5) is 12.1. The van der Waals surface area contributed by atoms with Crippen LogP contribution in [-0.2, 0) is 4.79 Å². The van der Waals surface area contributed by atoms with Crippen LogP contribution in [0, 0.1) is 11.8 Å². The lowest BCUT2D eigenvalue weighted by atomic mass is 9.97. The lowest BCUT2D eigenvalue weighted by Crippen LogP contribution is -2.24. The van der Waals surface area contributed by atoms with Gasteiger partial charge in [-0.2, -0.15) is 0 Å². The van der Waals surface area contributed by atoms with E-state index in [4.69, 9.17) is 11.6 Å². The summed E-state index contributed by atoms with van der Waals surface area (Å²) in [6.07, 6.45) is 3.27. The van der Waals surface area contributed by atoms with Crippen molar-refractivity contribution in [3.8, 4) is 0 Å². The minimum atomic E-state index is 0.0926. The van der Waals surface area contributed by atoms with Crippen LogP contribution in [0.3, 0.4) is 0 Å². The largest absolute Gasteiger partial charge is 0.324 e. The molecule has 92 valence electrons. The molecule has 1 aromatic rings. The van der Waals surface area contributed by atoms with E-state index in [0.29, 0.717) is 16.6 Å². The zero-order chi connectivity index (χ0) is 12.4. The number of amides is 1. The highest BCUT2D eigenvalue weighted by Gasteiger charge is 2.29. The maximum atomic E-state index is 12.1. The van der Waals surface area contributed by atoms with E-state index in [9.17, 15) is 4.79 Å². The summed E-state index contributed by atoms with van der Waals surface area (Å²) in [5.74, 6) is 0.695. The molecule has 0 saturated heterocycles.